The van der Waals surface area contributed by atoms with Gasteiger partial charge in [0, 0.05) is 20.9 Å². The van der Waals surface area contributed by atoms with Crippen molar-refractivity contribution in [2.75, 3.05) is 26.6 Å². The Balaban J connectivity index is 2.20. The largest absolute Gasteiger partial charge is 0.493 e. The lowest BCUT2D eigenvalue weighted by Gasteiger charge is -2.14. The van der Waals surface area contributed by atoms with Gasteiger partial charge in [0.05, 0.1) is 26.4 Å². The van der Waals surface area contributed by atoms with Gasteiger partial charge in [0.1, 0.15) is 0 Å². The molecule has 0 aromatic heterocycles. The van der Waals surface area contributed by atoms with E-state index in [4.69, 9.17) is 25.8 Å². The van der Waals surface area contributed by atoms with Crippen molar-refractivity contribution in [1.29, 1.82) is 0 Å². The smallest absolute Gasteiger partial charge is 0.248 e. The Morgan fingerprint density at radius 1 is 1.08 bits per heavy atom. The van der Waals surface area contributed by atoms with Crippen LogP contribution in [0.25, 0.3) is 6.08 Å². The summed E-state index contributed by atoms with van der Waals surface area (Å²) in [5, 5.41) is 3.35. The number of ether oxygens (including phenoxy) is 3. The Kier molecular flexibility index (Phi) is 6.95. The van der Waals surface area contributed by atoms with Crippen molar-refractivity contribution in [3.63, 3.8) is 0 Å². The summed E-state index contributed by atoms with van der Waals surface area (Å²) in [6.45, 7) is 0. The van der Waals surface area contributed by atoms with E-state index in [1.807, 2.05) is 6.07 Å². The highest BCUT2D eigenvalue weighted by molar-refractivity contribution is 14.1. The number of amides is 1. The predicted octanol–water partition coefficient (Wildman–Crippen LogP) is 4.62. The van der Waals surface area contributed by atoms with Crippen molar-refractivity contribution < 1.29 is 19.0 Å². The number of anilines is 1. The predicted molar refractivity (Wildman–Crippen MR) is 108 cm³/mol. The summed E-state index contributed by atoms with van der Waals surface area (Å²) in [6, 6.07) is 8.85. The van der Waals surface area contributed by atoms with Crippen LogP contribution < -0.4 is 19.5 Å². The molecule has 0 spiro atoms. The van der Waals surface area contributed by atoms with Crippen LogP contribution in [0.4, 0.5) is 5.69 Å². The van der Waals surface area contributed by atoms with E-state index in [0.717, 1.165) is 3.57 Å². The van der Waals surface area contributed by atoms with Crippen molar-refractivity contribution in [2.24, 2.45) is 0 Å². The van der Waals surface area contributed by atoms with Crippen LogP contribution in [0.1, 0.15) is 5.56 Å². The van der Waals surface area contributed by atoms with Gasteiger partial charge in [-0.2, -0.15) is 0 Å². The number of carbonyl (C=O) groups is 1. The molecule has 0 aliphatic rings. The molecule has 25 heavy (non-hydrogen) atoms. The Morgan fingerprint density at radius 3 is 2.40 bits per heavy atom. The molecule has 2 aromatic rings. The third-order valence-corrected chi connectivity index (χ3v) is 4.91. The van der Waals surface area contributed by atoms with E-state index in [0.29, 0.717) is 33.5 Å². The summed E-state index contributed by atoms with van der Waals surface area (Å²) in [5.74, 6) is 1.23. The number of methoxy groups -OCH3 is 3. The average Bonchev–Trinajstić information content (AvgIpc) is 2.61. The number of rotatable bonds is 6. The molecule has 0 atom stereocenters. The molecule has 0 aliphatic carbocycles. The van der Waals surface area contributed by atoms with E-state index in [1.165, 1.54) is 20.3 Å². The van der Waals surface area contributed by atoms with E-state index in [2.05, 4.69) is 27.9 Å². The minimum atomic E-state index is -0.283. The molecule has 5 nitrogen and oxygen atoms in total. The molecule has 2 aromatic carbocycles. The van der Waals surface area contributed by atoms with Gasteiger partial charge >= 0.3 is 0 Å². The minimum Gasteiger partial charge on any atom is -0.493 e. The molecule has 1 amide bonds. The topological polar surface area (TPSA) is 56.8 Å². The van der Waals surface area contributed by atoms with Crippen LogP contribution in [-0.2, 0) is 4.79 Å². The summed E-state index contributed by atoms with van der Waals surface area (Å²) in [7, 11) is 4.61. The molecule has 0 unspecified atom stereocenters. The average molecular weight is 474 g/mol. The van der Waals surface area contributed by atoms with Crippen LogP contribution in [0.3, 0.4) is 0 Å². The number of benzene rings is 2. The second-order valence-corrected chi connectivity index (χ2v) is 6.44. The zero-order valence-corrected chi connectivity index (χ0v) is 16.8. The van der Waals surface area contributed by atoms with Crippen molar-refractivity contribution in [3.05, 3.63) is 50.6 Å². The first-order valence-electron chi connectivity index (χ1n) is 7.23. The lowest BCUT2D eigenvalue weighted by Crippen LogP contribution is -2.07. The van der Waals surface area contributed by atoms with Crippen LogP contribution in [0, 0.1) is 3.57 Å². The Labute approximate surface area is 165 Å². The van der Waals surface area contributed by atoms with Crippen LogP contribution in [0.5, 0.6) is 17.2 Å². The highest BCUT2D eigenvalue weighted by atomic mass is 127. The quantitative estimate of drug-likeness (QED) is 0.491. The second kappa shape index (κ2) is 8.96. The van der Waals surface area contributed by atoms with Crippen molar-refractivity contribution in [2.45, 2.75) is 0 Å². The maximum absolute atomic E-state index is 12.1. The standard InChI is InChI=1S/C18H17ClINO4/c1-23-15-8-4-11(17(24-2)18(15)25-3)5-9-16(22)21-12-6-7-14(20)13(19)10-12/h4-10H,1-3H3,(H,21,22)/b9-5+. The zero-order valence-electron chi connectivity index (χ0n) is 13.9. The van der Waals surface area contributed by atoms with Gasteiger partial charge in [-0.1, -0.05) is 11.6 Å². The van der Waals surface area contributed by atoms with Crippen LogP contribution >= 0.6 is 34.2 Å². The monoisotopic (exact) mass is 473 g/mol. The van der Waals surface area contributed by atoms with E-state index >= 15 is 0 Å². The van der Waals surface area contributed by atoms with Gasteiger partial charge in [0.2, 0.25) is 11.7 Å². The van der Waals surface area contributed by atoms with Gasteiger partial charge in [-0.3, -0.25) is 4.79 Å². The summed E-state index contributed by atoms with van der Waals surface area (Å²) < 4.78 is 16.9. The highest BCUT2D eigenvalue weighted by Gasteiger charge is 2.14. The number of nitrogens with one attached hydrogen (secondary N) is 1. The number of hydrogen-bond donors (Lipinski definition) is 1. The van der Waals surface area contributed by atoms with E-state index in [9.17, 15) is 4.79 Å². The molecule has 2 rings (SSSR count). The van der Waals surface area contributed by atoms with E-state index < -0.39 is 0 Å². The van der Waals surface area contributed by atoms with Crippen LogP contribution in [-0.4, -0.2) is 27.2 Å². The van der Waals surface area contributed by atoms with Crippen molar-refractivity contribution in [3.8, 4) is 17.2 Å². The second-order valence-electron chi connectivity index (χ2n) is 4.88. The Hall–Kier alpha value is -1.93. The summed E-state index contributed by atoms with van der Waals surface area (Å²) in [6.07, 6.45) is 3.06. The first-order valence-corrected chi connectivity index (χ1v) is 8.69. The molecule has 7 heteroatoms. The van der Waals surface area contributed by atoms with Gasteiger partial charge in [0.15, 0.2) is 11.5 Å². The lowest BCUT2D eigenvalue weighted by molar-refractivity contribution is -0.111. The Bertz CT molecular complexity index is 808. The van der Waals surface area contributed by atoms with Crippen molar-refractivity contribution >= 4 is 51.9 Å². The molecule has 132 valence electrons. The van der Waals surface area contributed by atoms with Gasteiger partial charge in [-0.15, -0.1) is 0 Å². The van der Waals surface area contributed by atoms with E-state index in [-0.39, 0.29) is 5.91 Å². The fourth-order valence-electron chi connectivity index (χ4n) is 2.18. The molecular weight excluding hydrogens is 457 g/mol. The highest BCUT2D eigenvalue weighted by Crippen LogP contribution is 2.40. The summed E-state index contributed by atoms with van der Waals surface area (Å²) in [4.78, 5) is 12.1. The molecule has 0 radical (unpaired) electrons. The maximum atomic E-state index is 12.1. The SMILES string of the molecule is COc1ccc(/C=C/C(=O)Nc2ccc(I)c(Cl)c2)c(OC)c1OC. The van der Waals surface area contributed by atoms with Crippen LogP contribution in [0.15, 0.2) is 36.4 Å². The normalized spacial score (nSPS) is 10.6. The molecular formula is C18H17ClINO4. The number of carbonyl (C=O) groups excluding carboxylic acids is 1. The third-order valence-electron chi connectivity index (χ3n) is 3.34. The fraction of sp³-hybridized carbons (Fsp3) is 0.167. The molecule has 0 saturated heterocycles. The summed E-state index contributed by atoms with van der Waals surface area (Å²) >= 11 is 8.18. The number of hydrogen-bond acceptors (Lipinski definition) is 4. The first-order chi connectivity index (χ1) is 12.0. The molecule has 0 saturated carbocycles. The minimum absolute atomic E-state index is 0.283. The van der Waals surface area contributed by atoms with Crippen LogP contribution in [0.2, 0.25) is 5.02 Å². The third kappa shape index (κ3) is 4.79. The number of halogens is 2. The van der Waals surface area contributed by atoms with Gasteiger partial charge in [-0.25, -0.2) is 0 Å². The molecule has 0 heterocycles. The van der Waals surface area contributed by atoms with E-state index in [1.54, 1.807) is 37.5 Å². The van der Waals surface area contributed by atoms with Gasteiger partial charge in [-0.05, 0) is 59.0 Å². The molecule has 0 fully saturated rings. The molecule has 0 aliphatic heterocycles. The van der Waals surface area contributed by atoms with Crippen molar-refractivity contribution in [1.82, 2.24) is 0 Å². The Morgan fingerprint density at radius 2 is 1.80 bits per heavy atom. The lowest BCUT2D eigenvalue weighted by atomic mass is 10.1. The fourth-order valence-corrected chi connectivity index (χ4v) is 2.69. The van der Waals surface area contributed by atoms with Gasteiger partial charge in [0.25, 0.3) is 0 Å². The zero-order chi connectivity index (χ0) is 18.4. The first kappa shape index (κ1) is 19.4. The van der Waals surface area contributed by atoms with Gasteiger partial charge < -0.3 is 19.5 Å². The maximum Gasteiger partial charge on any atom is 0.248 e. The summed E-state index contributed by atoms with van der Waals surface area (Å²) in [5.41, 5.74) is 1.32. The molecule has 0 bridgehead atoms. The molecule has 1 N–H and O–H groups in total.